The van der Waals surface area contributed by atoms with Crippen LogP contribution >= 0.6 is 0 Å². The van der Waals surface area contributed by atoms with E-state index in [4.69, 9.17) is 9.47 Å². The van der Waals surface area contributed by atoms with E-state index in [1.54, 1.807) is 25.1 Å². The summed E-state index contributed by atoms with van der Waals surface area (Å²) in [4.78, 5) is 22.7. The zero-order valence-electron chi connectivity index (χ0n) is 18.8. The van der Waals surface area contributed by atoms with Crippen LogP contribution in [0.25, 0.3) is 0 Å². The highest BCUT2D eigenvalue weighted by Gasteiger charge is 2.37. The number of hydrogen-bond acceptors (Lipinski definition) is 9. The molecular formula is C21H22F3N5O6. The molecule has 35 heavy (non-hydrogen) atoms. The fraction of sp³-hybridized carbons (Fsp3) is 0.381. The van der Waals surface area contributed by atoms with E-state index in [-0.39, 0.29) is 12.1 Å². The Bertz CT molecular complexity index is 1110. The van der Waals surface area contributed by atoms with Gasteiger partial charge >= 0.3 is 17.6 Å². The number of nitro benzene ring substituents is 2. The molecule has 2 aromatic rings. The van der Waals surface area contributed by atoms with Crippen LogP contribution in [-0.4, -0.2) is 53.9 Å². The van der Waals surface area contributed by atoms with E-state index >= 15 is 0 Å². The second-order valence-corrected chi connectivity index (χ2v) is 7.63. The maximum absolute atomic E-state index is 13.1. The number of hydrazone groups is 1. The highest BCUT2D eigenvalue weighted by molar-refractivity contribution is 5.99. The second-order valence-electron chi connectivity index (χ2n) is 7.63. The molecule has 1 fully saturated rings. The van der Waals surface area contributed by atoms with Gasteiger partial charge in [-0.15, -0.1) is 0 Å². The molecule has 2 aromatic carbocycles. The maximum Gasteiger partial charge on any atom is 0.416 e. The van der Waals surface area contributed by atoms with Crippen molar-refractivity contribution >= 4 is 22.8 Å². The number of nitro groups is 2. The second kappa shape index (κ2) is 10.7. The van der Waals surface area contributed by atoms with E-state index in [1.165, 1.54) is 7.11 Å². The SMILES string of the molecule is COc1ccc(/C(C)=N\Nc2c([N+](=O)[O-])cc(C(F)(F)F)cc2[N+](=O)[O-])cc1CN1CCOCC1. The van der Waals surface area contributed by atoms with Gasteiger partial charge in [-0.1, -0.05) is 0 Å². The van der Waals surface area contributed by atoms with Crippen LogP contribution in [0.15, 0.2) is 35.4 Å². The molecular weight excluding hydrogens is 475 g/mol. The summed E-state index contributed by atoms with van der Waals surface area (Å²) in [7, 11) is 1.53. The van der Waals surface area contributed by atoms with Crippen molar-refractivity contribution in [1.29, 1.82) is 0 Å². The van der Waals surface area contributed by atoms with Crippen molar-refractivity contribution < 1.29 is 32.5 Å². The minimum absolute atomic E-state index is 0.230. The summed E-state index contributed by atoms with van der Waals surface area (Å²) in [5.74, 6) is 0.634. The van der Waals surface area contributed by atoms with Crippen LogP contribution in [0.3, 0.4) is 0 Å². The molecule has 0 aromatic heterocycles. The average Bonchev–Trinajstić information content (AvgIpc) is 2.81. The number of hydrogen-bond donors (Lipinski definition) is 1. The van der Waals surface area contributed by atoms with Crippen LogP contribution in [0.5, 0.6) is 5.75 Å². The Balaban J connectivity index is 1.95. The maximum atomic E-state index is 13.1. The number of methoxy groups -OCH3 is 1. The van der Waals surface area contributed by atoms with Crippen LogP contribution in [-0.2, 0) is 17.5 Å². The summed E-state index contributed by atoms with van der Waals surface area (Å²) in [6.45, 7) is 4.81. The number of alkyl halides is 3. The van der Waals surface area contributed by atoms with Gasteiger partial charge in [0.2, 0.25) is 5.69 Å². The molecule has 0 amide bonds. The fourth-order valence-corrected chi connectivity index (χ4v) is 3.51. The molecule has 1 aliphatic rings. The topological polar surface area (TPSA) is 132 Å². The third-order valence-corrected chi connectivity index (χ3v) is 5.35. The van der Waals surface area contributed by atoms with Gasteiger partial charge < -0.3 is 9.47 Å². The van der Waals surface area contributed by atoms with Crippen LogP contribution in [0, 0.1) is 20.2 Å². The first-order valence-corrected chi connectivity index (χ1v) is 10.3. The van der Waals surface area contributed by atoms with Gasteiger partial charge in [0, 0.05) is 37.3 Å². The third-order valence-electron chi connectivity index (χ3n) is 5.35. The third kappa shape index (κ3) is 6.22. The molecule has 0 aliphatic carbocycles. The van der Waals surface area contributed by atoms with E-state index in [0.29, 0.717) is 36.8 Å². The van der Waals surface area contributed by atoms with Crippen molar-refractivity contribution in [3.05, 3.63) is 67.3 Å². The van der Waals surface area contributed by atoms with Crippen molar-refractivity contribution in [2.45, 2.75) is 19.6 Å². The van der Waals surface area contributed by atoms with Crippen LogP contribution in [0.1, 0.15) is 23.6 Å². The Morgan fingerprint density at radius 2 is 1.74 bits per heavy atom. The molecule has 1 aliphatic heterocycles. The number of nitrogens with zero attached hydrogens (tertiary/aromatic N) is 4. The lowest BCUT2D eigenvalue weighted by Crippen LogP contribution is -2.35. The van der Waals surface area contributed by atoms with Crippen LogP contribution < -0.4 is 10.2 Å². The molecule has 3 rings (SSSR count). The first kappa shape index (κ1) is 25.8. The first-order chi connectivity index (χ1) is 16.5. The lowest BCUT2D eigenvalue weighted by atomic mass is 10.1. The normalized spacial score (nSPS) is 15.1. The van der Waals surface area contributed by atoms with E-state index in [2.05, 4.69) is 15.4 Å². The smallest absolute Gasteiger partial charge is 0.416 e. The predicted molar refractivity (Wildman–Crippen MR) is 120 cm³/mol. The quantitative estimate of drug-likeness (QED) is 0.326. The molecule has 1 heterocycles. The molecule has 1 saturated heterocycles. The Morgan fingerprint density at radius 1 is 1.14 bits per heavy atom. The molecule has 0 atom stereocenters. The molecule has 1 N–H and O–H groups in total. The van der Waals surface area contributed by atoms with Crippen molar-refractivity contribution in [3.8, 4) is 5.75 Å². The molecule has 188 valence electrons. The van der Waals surface area contributed by atoms with Gasteiger partial charge in [0.25, 0.3) is 0 Å². The van der Waals surface area contributed by atoms with Crippen molar-refractivity contribution in [2.75, 3.05) is 38.8 Å². The van der Waals surface area contributed by atoms with E-state index in [0.717, 1.165) is 18.7 Å². The lowest BCUT2D eigenvalue weighted by Gasteiger charge is -2.27. The fourth-order valence-electron chi connectivity index (χ4n) is 3.51. The first-order valence-electron chi connectivity index (χ1n) is 10.3. The monoisotopic (exact) mass is 497 g/mol. The molecule has 0 radical (unpaired) electrons. The Kier molecular flexibility index (Phi) is 7.86. The molecule has 11 nitrogen and oxygen atoms in total. The number of rotatable bonds is 8. The largest absolute Gasteiger partial charge is 0.496 e. The number of ether oxygens (including phenoxy) is 2. The molecule has 0 unspecified atom stereocenters. The Morgan fingerprint density at radius 3 is 2.26 bits per heavy atom. The highest BCUT2D eigenvalue weighted by atomic mass is 19.4. The number of halogens is 3. The number of nitrogens with one attached hydrogen (secondary N) is 1. The number of benzene rings is 2. The van der Waals surface area contributed by atoms with Crippen LogP contribution in [0.4, 0.5) is 30.2 Å². The van der Waals surface area contributed by atoms with Crippen molar-refractivity contribution in [2.24, 2.45) is 5.10 Å². The van der Waals surface area contributed by atoms with Crippen LogP contribution in [0.2, 0.25) is 0 Å². The number of morpholine rings is 1. The predicted octanol–water partition coefficient (Wildman–Crippen LogP) is 4.20. The van der Waals surface area contributed by atoms with E-state index < -0.39 is 38.6 Å². The Labute approximate surface area is 197 Å². The van der Waals surface area contributed by atoms with Gasteiger partial charge in [-0.3, -0.25) is 30.6 Å². The summed E-state index contributed by atoms with van der Waals surface area (Å²) < 4.78 is 50.1. The lowest BCUT2D eigenvalue weighted by molar-refractivity contribution is -0.392. The molecule has 0 saturated carbocycles. The molecule has 0 spiro atoms. The number of anilines is 1. The zero-order chi connectivity index (χ0) is 25.8. The van der Waals surface area contributed by atoms with Crippen molar-refractivity contribution in [3.63, 3.8) is 0 Å². The summed E-state index contributed by atoms with van der Waals surface area (Å²) in [6, 6.07) is 5.65. The van der Waals surface area contributed by atoms with Gasteiger partial charge in [0.05, 0.1) is 41.4 Å². The van der Waals surface area contributed by atoms with Gasteiger partial charge in [0.15, 0.2) is 0 Å². The van der Waals surface area contributed by atoms with Gasteiger partial charge in [-0.2, -0.15) is 18.3 Å². The summed E-state index contributed by atoms with van der Waals surface area (Å²) in [6.07, 6.45) is -5.01. The van der Waals surface area contributed by atoms with Gasteiger partial charge in [-0.25, -0.2) is 0 Å². The molecule has 14 heteroatoms. The Hall–Kier alpha value is -3.78. The average molecular weight is 497 g/mol. The zero-order valence-corrected chi connectivity index (χ0v) is 18.8. The highest BCUT2D eigenvalue weighted by Crippen LogP contribution is 2.41. The van der Waals surface area contributed by atoms with E-state index in [1.807, 2.05) is 0 Å². The van der Waals surface area contributed by atoms with E-state index in [9.17, 15) is 33.4 Å². The van der Waals surface area contributed by atoms with Gasteiger partial charge in [-0.05, 0) is 30.7 Å². The van der Waals surface area contributed by atoms with Crippen molar-refractivity contribution in [1.82, 2.24) is 4.90 Å². The standard InChI is InChI=1S/C21H22F3N5O6/c1-13(14-3-4-19(34-2)15(9-14)12-27-5-7-35-8-6-27)25-26-20-17(28(30)31)10-16(21(22,23)24)11-18(20)29(32)33/h3-4,9-11,26H,5-8,12H2,1-2H3/b25-13-. The molecule has 0 bridgehead atoms. The minimum atomic E-state index is -5.01. The summed E-state index contributed by atoms with van der Waals surface area (Å²) in [5, 5.41) is 26.8. The summed E-state index contributed by atoms with van der Waals surface area (Å²) in [5.41, 5.74) is -0.560. The minimum Gasteiger partial charge on any atom is -0.496 e. The van der Waals surface area contributed by atoms with Gasteiger partial charge in [0.1, 0.15) is 5.75 Å². The summed E-state index contributed by atoms with van der Waals surface area (Å²) >= 11 is 0.